The molecular weight excluding hydrogens is 352 g/mol. The Hall–Kier alpha value is -1.91. The van der Waals surface area contributed by atoms with E-state index in [0.717, 1.165) is 22.0 Å². The van der Waals surface area contributed by atoms with Gasteiger partial charge in [-0.1, -0.05) is 45.7 Å². The molecule has 0 saturated heterocycles. The van der Waals surface area contributed by atoms with Crippen LogP contribution in [0.4, 0.5) is 0 Å². The third kappa shape index (κ3) is 2.91. The highest BCUT2D eigenvalue weighted by molar-refractivity contribution is 9.10. The first-order valence-electron chi connectivity index (χ1n) is 6.24. The fraction of sp³-hybridized carbons (Fsp3) is 0. The molecule has 2 aromatic carbocycles. The van der Waals surface area contributed by atoms with E-state index in [4.69, 9.17) is 11.6 Å². The van der Waals surface area contributed by atoms with Gasteiger partial charge in [-0.15, -0.1) is 0 Å². The van der Waals surface area contributed by atoms with Gasteiger partial charge in [0.1, 0.15) is 5.69 Å². The molecule has 0 amide bonds. The van der Waals surface area contributed by atoms with Crippen LogP contribution in [0.1, 0.15) is 10.4 Å². The maximum absolute atomic E-state index is 11.3. The van der Waals surface area contributed by atoms with Crippen molar-refractivity contribution < 1.29 is 4.79 Å². The lowest BCUT2D eigenvalue weighted by Crippen LogP contribution is -1.94. The van der Waals surface area contributed by atoms with Crippen LogP contribution in [0.2, 0.25) is 5.02 Å². The van der Waals surface area contributed by atoms with Crippen molar-refractivity contribution in [3.8, 4) is 16.9 Å². The smallest absolute Gasteiger partial charge is 0.153 e. The molecule has 0 aliphatic carbocycles. The number of hydrogen-bond donors (Lipinski definition) is 0. The summed E-state index contributed by atoms with van der Waals surface area (Å²) in [5, 5.41) is 5.12. The van der Waals surface area contributed by atoms with Crippen molar-refractivity contribution in [1.82, 2.24) is 9.78 Å². The van der Waals surface area contributed by atoms with E-state index in [1.54, 1.807) is 23.0 Å². The molecule has 0 unspecified atom stereocenters. The van der Waals surface area contributed by atoms with Gasteiger partial charge in [0.25, 0.3) is 0 Å². The number of aromatic nitrogens is 2. The van der Waals surface area contributed by atoms with Crippen LogP contribution >= 0.6 is 27.5 Å². The number of carbonyl (C=O) groups excluding carboxylic acids is 1. The van der Waals surface area contributed by atoms with Crippen LogP contribution in [-0.4, -0.2) is 16.1 Å². The van der Waals surface area contributed by atoms with Crippen molar-refractivity contribution >= 4 is 33.8 Å². The molecule has 0 saturated carbocycles. The molecule has 3 nitrogen and oxygen atoms in total. The van der Waals surface area contributed by atoms with Crippen LogP contribution in [-0.2, 0) is 0 Å². The second-order valence-corrected chi connectivity index (χ2v) is 5.84. The zero-order valence-corrected chi connectivity index (χ0v) is 13.2. The Morgan fingerprint density at radius 2 is 1.95 bits per heavy atom. The number of hydrogen-bond acceptors (Lipinski definition) is 2. The summed E-state index contributed by atoms with van der Waals surface area (Å²) in [7, 11) is 0. The molecule has 0 N–H and O–H groups in total. The Balaban J connectivity index is 2.13. The quantitative estimate of drug-likeness (QED) is 0.630. The minimum Gasteiger partial charge on any atom is -0.298 e. The van der Waals surface area contributed by atoms with E-state index in [2.05, 4.69) is 21.0 Å². The number of aldehydes is 1. The van der Waals surface area contributed by atoms with Gasteiger partial charge in [0.15, 0.2) is 6.29 Å². The van der Waals surface area contributed by atoms with Crippen molar-refractivity contribution in [3.05, 3.63) is 69.8 Å². The predicted octanol–water partition coefficient (Wildman–Crippen LogP) is 4.77. The van der Waals surface area contributed by atoms with Crippen molar-refractivity contribution in [2.45, 2.75) is 0 Å². The molecule has 0 aliphatic rings. The monoisotopic (exact) mass is 360 g/mol. The summed E-state index contributed by atoms with van der Waals surface area (Å²) in [5.41, 5.74) is 2.84. The standard InChI is InChI=1S/C16H10BrClN2O/c17-13-4-2-6-15(8-13)20-9-12(10-21)16(19-20)11-3-1-5-14(18)7-11/h1-10H. The number of carbonyl (C=O) groups is 1. The van der Waals surface area contributed by atoms with E-state index in [1.165, 1.54) is 0 Å². The van der Waals surface area contributed by atoms with Gasteiger partial charge < -0.3 is 0 Å². The maximum Gasteiger partial charge on any atom is 0.153 e. The Bertz CT molecular complexity index is 814. The van der Waals surface area contributed by atoms with Gasteiger partial charge in [-0.3, -0.25) is 4.79 Å². The molecule has 0 bridgehead atoms. The van der Waals surface area contributed by atoms with Crippen LogP contribution in [0.15, 0.2) is 59.2 Å². The maximum atomic E-state index is 11.3. The summed E-state index contributed by atoms with van der Waals surface area (Å²) in [5.74, 6) is 0. The summed E-state index contributed by atoms with van der Waals surface area (Å²) in [6, 6.07) is 15.0. The Labute approximate surface area is 135 Å². The zero-order chi connectivity index (χ0) is 14.8. The van der Waals surface area contributed by atoms with Gasteiger partial charge in [0.2, 0.25) is 0 Å². The second kappa shape index (κ2) is 5.84. The molecule has 3 aromatic rings. The second-order valence-electron chi connectivity index (χ2n) is 4.49. The summed E-state index contributed by atoms with van der Waals surface area (Å²) >= 11 is 9.43. The third-order valence-electron chi connectivity index (χ3n) is 3.04. The highest BCUT2D eigenvalue weighted by Crippen LogP contribution is 2.25. The molecule has 0 fully saturated rings. The van der Waals surface area contributed by atoms with Crippen LogP contribution in [0, 0.1) is 0 Å². The van der Waals surface area contributed by atoms with Gasteiger partial charge in [-0.05, 0) is 30.3 Å². The fourth-order valence-corrected chi connectivity index (χ4v) is 2.66. The van der Waals surface area contributed by atoms with Crippen LogP contribution in [0.5, 0.6) is 0 Å². The SMILES string of the molecule is O=Cc1cn(-c2cccc(Br)c2)nc1-c1cccc(Cl)c1. The Kier molecular flexibility index (Phi) is 3.90. The van der Waals surface area contributed by atoms with E-state index in [0.29, 0.717) is 16.3 Å². The largest absolute Gasteiger partial charge is 0.298 e. The lowest BCUT2D eigenvalue weighted by molar-refractivity contribution is 0.112. The van der Waals surface area contributed by atoms with Crippen LogP contribution in [0.3, 0.4) is 0 Å². The number of halogens is 2. The van der Waals surface area contributed by atoms with Gasteiger partial charge in [0, 0.05) is 21.3 Å². The number of rotatable bonds is 3. The molecule has 0 atom stereocenters. The molecule has 0 aliphatic heterocycles. The first kappa shape index (κ1) is 14.0. The van der Waals surface area contributed by atoms with E-state index in [1.807, 2.05) is 36.4 Å². The normalized spacial score (nSPS) is 10.6. The van der Waals surface area contributed by atoms with E-state index < -0.39 is 0 Å². The van der Waals surface area contributed by atoms with Gasteiger partial charge in [-0.25, -0.2) is 4.68 Å². The molecule has 1 aromatic heterocycles. The van der Waals surface area contributed by atoms with Gasteiger partial charge in [0.05, 0.1) is 11.3 Å². The lowest BCUT2D eigenvalue weighted by atomic mass is 10.1. The summed E-state index contributed by atoms with van der Waals surface area (Å²) in [6.07, 6.45) is 2.52. The third-order valence-corrected chi connectivity index (χ3v) is 3.77. The topological polar surface area (TPSA) is 34.9 Å². The van der Waals surface area contributed by atoms with E-state index >= 15 is 0 Å². The van der Waals surface area contributed by atoms with Crippen molar-refractivity contribution in [2.24, 2.45) is 0 Å². The van der Waals surface area contributed by atoms with Gasteiger partial charge >= 0.3 is 0 Å². The number of nitrogens with zero attached hydrogens (tertiary/aromatic N) is 2. The summed E-state index contributed by atoms with van der Waals surface area (Å²) < 4.78 is 2.64. The minimum absolute atomic E-state index is 0.525. The van der Waals surface area contributed by atoms with Crippen molar-refractivity contribution in [2.75, 3.05) is 0 Å². The highest BCUT2D eigenvalue weighted by atomic mass is 79.9. The molecule has 21 heavy (non-hydrogen) atoms. The Morgan fingerprint density at radius 3 is 2.67 bits per heavy atom. The molecular formula is C16H10BrClN2O. The summed E-state index contributed by atoms with van der Waals surface area (Å²) in [4.78, 5) is 11.3. The molecule has 0 radical (unpaired) electrons. The van der Waals surface area contributed by atoms with Crippen LogP contribution < -0.4 is 0 Å². The first-order valence-corrected chi connectivity index (χ1v) is 7.41. The van der Waals surface area contributed by atoms with Gasteiger partial charge in [-0.2, -0.15) is 5.10 Å². The van der Waals surface area contributed by atoms with E-state index in [9.17, 15) is 4.79 Å². The molecule has 104 valence electrons. The minimum atomic E-state index is 0.525. The molecule has 0 spiro atoms. The van der Waals surface area contributed by atoms with Crippen molar-refractivity contribution in [3.63, 3.8) is 0 Å². The molecule has 1 heterocycles. The molecule has 5 heteroatoms. The van der Waals surface area contributed by atoms with Crippen LogP contribution in [0.25, 0.3) is 16.9 Å². The number of benzene rings is 2. The van der Waals surface area contributed by atoms with E-state index in [-0.39, 0.29) is 0 Å². The lowest BCUT2D eigenvalue weighted by Gasteiger charge is -2.02. The Morgan fingerprint density at radius 1 is 1.14 bits per heavy atom. The average molecular weight is 362 g/mol. The predicted molar refractivity (Wildman–Crippen MR) is 87.1 cm³/mol. The zero-order valence-electron chi connectivity index (χ0n) is 10.8. The first-order chi connectivity index (χ1) is 10.2. The average Bonchev–Trinajstić information content (AvgIpc) is 2.91. The highest BCUT2D eigenvalue weighted by Gasteiger charge is 2.12. The van der Waals surface area contributed by atoms with Crippen molar-refractivity contribution in [1.29, 1.82) is 0 Å². The summed E-state index contributed by atoms with van der Waals surface area (Å²) in [6.45, 7) is 0. The fourth-order valence-electron chi connectivity index (χ4n) is 2.08. The molecule has 3 rings (SSSR count).